The fraction of sp³-hybridized carbons (Fsp3) is 0.400. The number of rotatable bonds is 4. The number of nitrogens with one attached hydrogen (secondary N) is 1. The van der Waals surface area contributed by atoms with Crippen LogP contribution in [0.25, 0.3) is 0 Å². The van der Waals surface area contributed by atoms with Crippen LogP contribution in [-0.2, 0) is 0 Å². The van der Waals surface area contributed by atoms with Crippen LogP contribution in [0.3, 0.4) is 0 Å². The van der Waals surface area contributed by atoms with Gasteiger partial charge in [-0.1, -0.05) is 31.4 Å². The molecular weight excluding hydrogens is 314 g/mol. The molecule has 0 radical (unpaired) electrons. The number of aliphatic imine (C=N–C) groups is 1. The first-order valence-electron chi connectivity index (χ1n) is 8.86. The lowest BCUT2D eigenvalue weighted by molar-refractivity contribution is 0.233. The molecule has 0 aliphatic heterocycles. The van der Waals surface area contributed by atoms with Gasteiger partial charge in [-0.05, 0) is 56.5 Å². The molecule has 25 heavy (non-hydrogen) atoms. The van der Waals surface area contributed by atoms with Gasteiger partial charge in [0.1, 0.15) is 5.75 Å². The summed E-state index contributed by atoms with van der Waals surface area (Å²) in [6.45, 7) is 3.93. The van der Waals surface area contributed by atoms with Crippen LogP contribution < -0.4 is 10.2 Å². The fourth-order valence-electron chi connectivity index (χ4n) is 3.13. The van der Waals surface area contributed by atoms with Crippen LogP contribution in [-0.4, -0.2) is 22.1 Å². The molecule has 132 valence electrons. The fourth-order valence-corrected chi connectivity index (χ4v) is 3.13. The van der Waals surface area contributed by atoms with E-state index in [0.29, 0.717) is 23.0 Å². The van der Waals surface area contributed by atoms with Crippen molar-refractivity contribution < 1.29 is 9.94 Å². The zero-order valence-electron chi connectivity index (χ0n) is 14.8. The van der Waals surface area contributed by atoms with E-state index in [9.17, 15) is 5.21 Å². The van der Waals surface area contributed by atoms with Crippen molar-refractivity contribution >= 4 is 5.84 Å². The highest BCUT2D eigenvalue weighted by Gasteiger charge is 2.17. The molecule has 1 aromatic heterocycles. The molecule has 2 aromatic rings. The molecule has 0 bridgehead atoms. The minimum Gasteiger partial charge on any atom is -0.438 e. The predicted octanol–water partition coefficient (Wildman–Crippen LogP) is 4.55. The van der Waals surface area contributed by atoms with Gasteiger partial charge in [0.15, 0.2) is 5.84 Å². The first-order valence-corrected chi connectivity index (χ1v) is 8.86. The zero-order valence-corrected chi connectivity index (χ0v) is 14.8. The molecule has 0 amide bonds. The number of aryl methyl sites for hydroxylation is 2. The highest BCUT2D eigenvalue weighted by atomic mass is 16.5. The van der Waals surface area contributed by atoms with E-state index in [1.807, 2.05) is 50.2 Å². The van der Waals surface area contributed by atoms with E-state index in [-0.39, 0.29) is 6.04 Å². The monoisotopic (exact) mass is 339 g/mol. The van der Waals surface area contributed by atoms with Crippen LogP contribution in [0.5, 0.6) is 11.6 Å². The molecule has 5 nitrogen and oxygen atoms in total. The third-order valence-electron chi connectivity index (χ3n) is 4.45. The predicted molar refractivity (Wildman–Crippen MR) is 98.6 cm³/mol. The third-order valence-corrected chi connectivity index (χ3v) is 4.45. The van der Waals surface area contributed by atoms with Crippen molar-refractivity contribution in [1.82, 2.24) is 10.5 Å². The second kappa shape index (κ2) is 8.12. The maximum Gasteiger partial charge on any atom is 0.230 e. The summed E-state index contributed by atoms with van der Waals surface area (Å²) in [6.07, 6.45) is 5.75. The standard InChI is InChI=1S/C20H25N3O2/c1-14-7-6-10-17(13-14)25-20-18(12-11-15(2)21-20)19(23-24)22-16-8-4-3-5-9-16/h6-7,10-13,16,24H,3-5,8-9H2,1-2H3,(H,22,23). The summed E-state index contributed by atoms with van der Waals surface area (Å²) < 4.78 is 6.00. The Labute approximate surface area is 148 Å². The number of ether oxygens (including phenoxy) is 1. The van der Waals surface area contributed by atoms with Gasteiger partial charge in [-0.15, -0.1) is 0 Å². The van der Waals surface area contributed by atoms with Crippen LogP contribution in [0.1, 0.15) is 48.9 Å². The van der Waals surface area contributed by atoms with E-state index in [1.54, 1.807) is 0 Å². The molecule has 5 heteroatoms. The maximum absolute atomic E-state index is 9.65. The van der Waals surface area contributed by atoms with Crippen molar-refractivity contribution in [2.24, 2.45) is 4.99 Å². The van der Waals surface area contributed by atoms with E-state index in [1.165, 1.54) is 19.3 Å². The van der Waals surface area contributed by atoms with E-state index >= 15 is 0 Å². The highest BCUT2D eigenvalue weighted by molar-refractivity contribution is 6.00. The number of benzene rings is 1. The van der Waals surface area contributed by atoms with Crippen LogP contribution in [0.2, 0.25) is 0 Å². The Bertz CT molecular complexity index is 752. The molecule has 3 rings (SSSR count). The molecule has 0 atom stereocenters. The first kappa shape index (κ1) is 17.4. The summed E-state index contributed by atoms with van der Waals surface area (Å²) in [5, 5.41) is 9.65. The number of pyridine rings is 1. The van der Waals surface area contributed by atoms with Crippen LogP contribution in [0.4, 0.5) is 0 Å². The topological polar surface area (TPSA) is 66.7 Å². The average molecular weight is 339 g/mol. The second-order valence-electron chi connectivity index (χ2n) is 6.61. The van der Waals surface area contributed by atoms with Crippen molar-refractivity contribution in [3.05, 3.63) is 53.2 Å². The molecule has 2 N–H and O–H groups in total. The van der Waals surface area contributed by atoms with Gasteiger partial charge in [0.05, 0.1) is 11.6 Å². The number of hydroxylamine groups is 1. The number of aromatic nitrogens is 1. The van der Waals surface area contributed by atoms with Gasteiger partial charge in [0, 0.05) is 5.69 Å². The lowest BCUT2D eigenvalue weighted by Gasteiger charge is -2.19. The van der Waals surface area contributed by atoms with Gasteiger partial charge in [-0.25, -0.2) is 4.98 Å². The normalized spacial score (nSPS) is 15.9. The van der Waals surface area contributed by atoms with Gasteiger partial charge in [0.25, 0.3) is 0 Å². The summed E-state index contributed by atoms with van der Waals surface area (Å²) in [4.78, 5) is 9.22. The summed E-state index contributed by atoms with van der Waals surface area (Å²) in [5.41, 5.74) is 4.88. The Morgan fingerprint density at radius 1 is 1.16 bits per heavy atom. The largest absolute Gasteiger partial charge is 0.438 e. The van der Waals surface area contributed by atoms with Crippen molar-refractivity contribution in [3.8, 4) is 11.6 Å². The van der Waals surface area contributed by atoms with Gasteiger partial charge in [0.2, 0.25) is 5.88 Å². The second-order valence-corrected chi connectivity index (χ2v) is 6.61. The molecule has 0 saturated heterocycles. The number of amidine groups is 1. The SMILES string of the molecule is Cc1cccc(Oc2nc(C)ccc2C(=NC2CCCCC2)NO)c1. The molecule has 1 aliphatic rings. The Balaban J connectivity index is 1.92. The molecule has 1 fully saturated rings. The number of hydrogen-bond acceptors (Lipinski definition) is 4. The van der Waals surface area contributed by atoms with Crippen molar-refractivity contribution in [2.75, 3.05) is 0 Å². The van der Waals surface area contributed by atoms with E-state index < -0.39 is 0 Å². The van der Waals surface area contributed by atoms with E-state index in [0.717, 1.165) is 24.1 Å². The lowest BCUT2D eigenvalue weighted by Crippen LogP contribution is -2.25. The minimum absolute atomic E-state index is 0.233. The smallest absolute Gasteiger partial charge is 0.230 e. The molecule has 0 spiro atoms. The molecule has 1 aliphatic carbocycles. The van der Waals surface area contributed by atoms with E-state index in [4.69, 9.17) is 9.73 Å². The number of hydrogen-bond donors (Lipinski definition) is 2. The van der Waals surface area contributed by atoms with Crippen LogP contribution in [0.15, 0.2) is 41.4 Å². The molecular formula is C20H25N3O2. The van der Waals surface area contributed by atoms with Crippen LogP contribution in [0, 0.1) is 13.8 Å². The van der Waals surface area contributed by atoms with Crippen molar-refractivity contribution in [3.63, 3.8) is 0 Å². The van der Waals surface area contributed by atoms with Gasteiger partial charge in [-0.3, -0.25) is 15.7 Å². The summed E-state index contributed by atoms with van der Waals surface area (Å²) in [5.74, 6) is 1.58. The molecule has 1 saturated carbocycles. The molecule has 1 heterocycles. The van der Waals surface area contributed by atoms with Crippen molar-refractivity contribution in [1.29, 1.82) is 0 Å². The minimum atomic E-state index is 0.233. The van der Waals surface area contributed by atoms with Gasteiger partial charge in [-0.2, -0.15) is 0 Å². The number of nitrogens with zero attached hydrogens (tertiary/aromatic N) is 2. The quantitative estimate of drug-likeness (QED) is 0.487. The summed E-state index contributed by atoms with van der Waals surface area (Å²) in [6, 6.07) is 11.8. The first-order chi connectivity index (χ1) is 12.2. The molecule has 1 aromatic carbocycles. The van der Waals surface area contributed by atoms with Crippen molar-refractivity contribution in [2.45, 2.75) is 52.0 Å². The Morgan fingerprint density at radius 3 is 2.68 bits per heavy atom. The third kappa shape index (κ3) is 4.57. The average Bonchev–Trinajstić information content (AvgIpc) is 2.61. The zero-order chi connectivity index (χ0) is 17.6. The van der Waals surface area contributed by atoms with Crippen LogP contribution >= 0.6 is 0 Å². The van der Waals surface area contributed by atoms with Gasteiger partial charge < -0.3 is 4.74 Å². The van der Waals surface area contributed by atoms with E-state index in [2.05, 4.69) is 10.5 Å². The highest BCUT2D eigenvalue weighted by Crippen LogP contribution is 2.26. The summed E-state index contributed by atoms with van der Waals surface area (Å²) in [7, 11) is 0. The molecule has 0 unspecified atom stereocenters. The maximum atomic E-state index is 9.65. The lowest BCUT2D eigenvalue weighted by atomic mass is 9.96. The van der Waals surface area contributed by atoms with Gasteiger partial charge >= 0.3 is 0 Å². The Hall–Kier alpha value is -2.40. The Kier molecular flexibility index (Phi) is 5.66. The Morgan fingerprint density at radius 2 is 1.96 bits per heavy atom. The summed E-state index contributed by atoms with van der Waals surface area (Å²) >= 11 is 0.